The van der Waals surface area contributed by atoms with Crippen molar-refractivity contribution in [1.82, 2.24) is 15.1 Å². The van der Waals surface area contributed by atoms with E-state index in [-0.39, 0.29) is 18.2 Å². The summed E-state index contributed by atoms with van der Waals surface area (Å²) in [6, 6.07) is 18.8. The molecule has 0 aliphatic heterocycles. The van der Waals surface area contributed by atoms with Crippen molar-refractivity contribution in [3.8, 4) is 16.9 Å². The minimum Gasteiger partial charge on any atom is -0.385 e. The van der Waals surface area contributed by atoms with Gasteiger partial charge in [-0.3, -0.25) is 9.59 Å². The number of carbonyl (C=O) groups is 2. The molecule has 3 aromatic rings. The quantitative estimate of drug-likeness (QED) is 0.419. The molecule has 0 saturated carbocycles. The Hall–Kier alpha value is -3.16. The predicted molar refractivity (Wildman–Crippen MR) is 126 cm³/mol. The van der Waals surface area contributed by atoms with Crippen LogP contribution in [0.3, 0.4) is 0 Å². The molecule has 168 valence electrons. The highest BCUT2D eigenvalue weighted by Crippen LogP contribution is 2.26. The summed E-state index contributed by atoms with van der Waals surface area (Å²) in [5.74, 6) is 0.296. The van der Waals surface area contributed by atoms with Crippen LogP contribution in [0.4, 0.5) is 5.82 Å². The second kappa shape index (κ2) is 12.0. The third kappa shape index (κ3) is 6.93. The lowest BCUT2D eigenvalue weighted by Crippen LogP contribution is -2.25. The minimum atomic E-state index is -0.181. The maximum Gasteiger partial charge on any atom is 0.225 e. The Balaban J connectivity index is 1.65. The number of anilines is 1. The third-order valence-corrected chi connectivity index (χ3v) is 4.99. The molecule has 1 heterocycles. The molecule has 3 rings (SSSR count). The molecule has 0 radical (unpaired) electrons. The smallest absolute Gasteiger partial charge is 0.225 e. The van der Waals surface area contributed by atoms with Crippen molar-refractivity contribution in [2.24, 2.45) is 0 Å². The Morgan fingerprint density at radius 2 is 1.78 bits per heavy atom. The summed E-state index contributed by atoms with van der Waals surface area (Å²) < 4.78 is 6.61. The summed E-state index contributed by atoms with van der Waals surface area (Å²) in [5.41, 5.74) is 2.41. The van der Waals surface area contributed by atoms with Gasteiger partial charge in [-0.05, 0) is 31.0 Å². The number of nitrogens with zero attached hydrogens (tertiary/aromatic N) is 2. The van der Waals surface area contributed by atoms with E-state index in [1.807, 2.05) is 48.5 Å². The molecule has 2 N–H and O–H groups in total. The van der Waals surface area contributed by atoms with Gasteiger partial charge in [0, 0.05) is 49.8 Å². The van der Waals surface area contributed by atoms with E-state index in [2.05, 4.69) is 15.7 Å². The van der Waals surface area contributed by atoms with E-state index in [1.165, 1.54) is 0 Å². The Kier molecular flexibility index (Phi) is 8.83. The van der Waals surface area contributed by atoms with Gasteiger partial charge in [0.25, 0.3) is 0 Å². The number of benzene rings is 2. The lowest BCUT2D eigenvalue weighted by molar-refractivity contribution is -0.121. The summed E-state index contributed by atoms with van der Waals surface area (Å²) in [5, 5.41) is 11.0. The normalized spacial score (nSPS) is 10.7. The molecule has 2 aromatic carbocycles. The van der Waals surface area contributed by atoms with Crippen LogP contribution < -0.4 is 10.6 Å². The van der Waals surface area contributed by atoms with Gasteiger partial charge in [-0.1, -0.05) is 48.0 Å². The maximum absolute atomic E-state index is 12.6. The number of hydrogen-bond acceptors (Lipinski definition) is 4. The Bertz CT molecular complexity index is 1040. The van der Waals surface area contributed by atoms with Gasteiger partial charge in [0.05, 0.1) is 11.4 Å². The van der Waals surface area contributed by atoms with Gasteiger partial charge in [-0.25, -0.2) is 4.68 Å². The van der Waals surface area contributed by atoms with E-state index in [4.69, 9.17) is 16.3 Å². The number of amides is 2. The SMILES string of the molecule is COCCCNC(=O)CCCC(=O)Nc1cc(-c2ccccc2)nn1-c1cccc(Cl)c1. The average molecular weight is 455 g/mol. The van der Waals surface area contributed by atoms with Crippen LogP contribution >= 0.6 is 11.6 Å². The number of nitrogens with one attached hydrogen (secondary N) is 2. The summed E-state index contributed by atoms with van der Waals surface area (Å²) >= 11 is 6.16. The van der Waals surface area contributed by atoms with Gasteiger partial charge >= 0.3 is 0 Å². The van der Waals surface area contributed by atoms with Crippen molar-refractivity contribution in [2.45, 2.75) is 25.7 Å². The van der Waals surface area contributed by atoms with Crippen molar-refractivity contribution >= 4 is 29.2 Å². The van der Waals surface area contributed by atoms with Crippen molar-refractivity contribution in [3.05, 3.63) is 65.7 Å². The van der Waals surface area contributed by atoms with Crippen LogP contribution in [-0.2, 0) is 14.3 Å². The van der Waals surface area contributed by atoms with Gasteiger partial charge in [0.1, 0.15) is 5.82 Å². The van der Waals surface area contributed by atoms with Crippen LogP contribution in [0.2, 0.25) is 5.02 Å². The molecule has 8 heteroatoms. The molecule has 2 amide bonds. The van der Waals surface area contributed by atoms with Crippen molar-refractivity contribution in [1.29, 1.82) is 0 Å². The van der Waals surface area contributed by atoms with E-state index in [0.29, 0.717) is 36.8 Å². The molecule has 0 saturated heterocycles. The third-order valence-electron chi connectivity index (χ3n) is 4.75. The highest BCUT2D eigenvalue weighted by atomic mass is 35.5. The lowest BCUT2D eigenvalue weighted by Gasteiger charge is -2.09. The monoisotopic (exact) mass is 454 g/mol. The van der Waals surface area contributed by atoms with E-state index < -0.39 is 0 Å². The number of rotatable bonds is 11. The second-order valence-corrected chi connectivity index (χ2v) is 7.71. The molecule has 0 aliphatic carbocycles. The fourth-order valence-electron chi connectivity index (χ4n) is 3.17. The number of aromatic nitrogens is 2. The van der Waals surface area contributed by atoms with Gasteiger partial charge in [0.2, 0.25) is 11.8 Å². The molecule has 0 atom stereocenters. The molecule has 32 heavy (non-hydrogen) atoms. The zero-order valence-corrected chi connectivity index (χ0v) is 18.8. The van der Waals surface area contributed by atoms with Crippen LogP contribution in [0.25, 0.3) is 16.9 Å². The van der Waals surface area contributed by atoms with Gasteiger partial charge in [0.15, 0.2) is 0 Å². The maximum atomic E-state index is 12.6. The highest BCUT2D eigenvalue weighted by Gasteiger charge is 2.14. The number of carbonyl (C=O) groups excluding carboxylic acids is 2. The van der Waals surface area contributed by atoms with Crippen LogP contribution in [-0.4, -0.2) is 41.9 Å². The van der Waals surface area contributed by atoms with Gasteiger partial charge in [-0.15, -0.1) is 0 Å². The summed E-state index contributed by atoms with van der Waals surface area (Å²) in [7, 11) is 1.63. The Labute approximate surface area is 192 Å². The fraction of sp³-hybridized carbons (Fsp3) is 0.292. The van der Waals surface area contributed by atoms with Crippen LogP contribution in [0, 0.1) is 0 Å². The topological polar surface area (TPSA) is 85.2 Å². The standard InChI is InChI=1S/C24H27ClN4O3/c1-32-15-7-14-26-23(30)12-6-13-24(31)27-22-17-21(18-8-3-2-4-9-18)28-29(22)20-11-5-10-19(25)16-20/h2-5,8-11,16-17H,6-7,12-15H2,1H3,(H,26,30)(H,27,31). The lowest BCUT2D eigenvalue weighted by atomic mass is 10.1. The summed E-state index contributed by atoms with van der Waals surface area (Å²) in [6.45, 7) is 1.17. The molecule has 0 unspecified atom stereocenters. The summed E-state index contributed by atoms with van der Waals surface area (Å²) in [4.78, 5) is 24.4. The molecule has 0 fully saturated rings. The largest absolute Gasteiger partial charge is 0.385 e. The van der Waals surface area contributed by atoms with Crippen LogP contribution in [0.5, 0.6) is 0 Å². The molecule has 0 aliphatic rings. The minimum absolute atomic E-state index is 0.0655. The van der Waals surface area contributed by atoms with Gasteiger partial charge in [-0.2, -0.15) is 5.10 Å². The van der Waals surface area contributed by atoms with Crippen LogP contribution in [0.1, 0.15) is 25.7 Å². The highest BCUT2D eigenvalue weighted by molar-refractivity contribution is 6.30. The summed E-state index contributed by atoms with van der Waals surface area (Å²) in [6.07, 6.45) is 1.74. The van der Waals surface area contributed by atoms with E-state index >= 15 is 0 Å². The first-order chi connectivity index (χ1) is 15.6. The molecular weight excluding hydrogens is 428 g/mol. The zero-order chi connectivity index (χ0) is 22.8. The zero-order valence-electron chi connectivity index (χ0n) is 18.0. The van der Waals surface area contributed by atoms with Crippen molar-refractivity contribution in [2.75, 3.05) is 25.6 Å². The first-order valence-electron chi connectivity index (χ1n) is 10.5. The van der Waals surface area contributed by atoms with E-state index in [0.717, 1.165) is 23.4 Å². The van der Waals surface area contributed by atoms with Crippen molar-refractivity contribution in [3.63, 3.8) is 0 Å². The number of ether oxygens (including phenoxy) is 1. The van der Waals surface area contributed by atoms with Crippen LogP contribution in [0.15, 0.2) is 60.7 Å². The second-order valence-electron chi connectivity index (χ2n) is 7.27. The van der Waals surface area contributed by atoms with E-state index in [9.17, 15) is 9.59 Å². The molecule has 0 spiro atoms. The van der Waals surface area contributed by atoms with E-state index in [1.54, 1.807) is 23.9 Å². The Morgan fingerprint density at radius 3 is 2.53 bits per heavy atom. The van der Waals surface area contributed by atoms with Crippen molar-refractivity contribution < 1.29 is 14.3 Å². The first kappa shape index (κ1) is 23.5. The van der Waals surface area contributed by atoms with Gasteiger partial charge < -0.3 is 15.4 Å². The number of hydrogen-bond donors (Lipinski definition) is 2. The Morgan fingerprint density at radius 1 is 1.00 bits per heavy atom. The molecule has 7 nitrogen and oxygen atoms in total. The average Bonchev–Trinajstić information content (AvgIpc) is 3.21. The number of halogens is 1. The number of methoxy groups -OCH3 is 1. The fourth-order valence-corrected chi connectivity index (χ4v) is 3.36. The first-order valence-corrected chi connectivity index (χ1v) is 10.9. The predicted octanol–water partition coefficient (Wildman–Crippen LogP) is 4.45. The molecule has 1 aromatic heterocycles. The molecular formula is C24H27ClN4O3. The molecule has 0 bridgehead atoms.